The smallest absolute Gasteiger partial charge is 0.164 e. The van der Waals surface area contributed by atoms with Crippen LogP contribution in [0.2, 0.25) is 0 Å². The number of fused-ring (bicyclic) bond motifs is 5. The van der Waals surface area contributed by atoms with Crippen LogP contribution in [-0.2, 0) is 0 Å². The van der Waals surface area contributed by atoms with Crippen LogP contribution in [0.4, 0.5) is 0 Å². The van der Waals surface area contributed by atoms with E-state index in [-0.39, 0.29) is 0 Å². The Kier molecular flexibility index (Phi) is 7.82. The van der Waals surface area contributed by atoms with E-state index in [2.05, 4.69) is 182 Å². The molecule has 11 rings (SSSR count). The highest BCUT2D eigenvalue weighted by Gasteiger charge is 2.18. The lowest BCUT2D eigenvalue weighted by atomic mass is 9.92. The Hall–Kier alpha value is -7.62. The fourth-order valence-electron chi connectivity index (χ4n) is 8.10. The molecule has 0 amide bonds. The number of hydrogen-bond acceptors (Lipinski definition) is 3. The maximum atomic E-state index is 6.54. The highest BCUT2D eigenvalue weighted by molar-refractivity contribution is 6.09. The molecule has 0 bridgehead atoms. The summed E-state index contributed by atoms with van der Waals surface area (Å²) < 4.78 is 6.54. The van der Waals surface area contributed by atoms with E-state index in [4.69, 9.17) is 14.4 Å². The molecular weight excluding hydrogens is 693 g/mol. The van der Waals surface area contributed by atoms with Crippen molar-refractivity contribution in [3.05, 3.63) is 206 Å². The van der Waals surface area contributed by atoms with Crippen LogP contribution >= 0.6 is 0 Å². The van der Waals surface area contributed by atoms with E-state index in [9.17, 15) is 0 Å². The van der Waals surface area contributed by atoms with Crippen molar-refractivity contribution in [1.29, 1.82) is 0 Å². The van der Waals surface area contributed by atoms with Gasteiger partial charge in [0.05, 0.1) is 17.0 Å². The number of aromatic nitrogens is 2. The second kappa shape index (κ2) is 13.6. The third-order valence-corrected chi connectivity index (χ3v) is 11.1. The Morgan fingerprint density at radius 3 is 1.49 bits per heavy atom. The largest absolute Gasteiger partial charge is 0.455 e. The van der Waals surface area contributed by atoms with Crippen LogP contribution in [0.15, 0.2) is 211 Å². The number of benzene rings is 9. The predicted molar refractivity (Wildman–Crippen MR) is 237 cm³/mol. The molecule has 0 N–H and O–H groups in total. The standard InChI is InChI=1S/C54H34N2O/c1-2-11-35(12-3-1)38-21-25-39(26-22-38)50-34-51(56-54(55-50)49-19-10-18-48-47-17-8-9-20-52(47)57-53(48)49)46-32-44(42-27-23-36-13-4-6-15-40(36)29-42)31-45(33-46)43-28-24-37-14-5-7-16-41(37)30-43/h1-34H. The lowest BCUT2D eigenvalue weighted by Crippen LogP contribution is -1.97. The van der Waals surface area contributed by atoms with Gasteiger partial charge in [-0.15, -0.1) is 0 Å². The highest BCUT2D eigenvalue weighted by atomic mass is 16.3. The molecule has 0 aliphatic rings. The average Bonchev–Trinajstić information content (AvgIpc) is 3.68. The van der Waals surface area contributed by atoms with E-state index in [0.29, 0.717) is 5.82 Å². The molecule has 2 heterocycles. The van der Waals surface area contributed by atoms with Gasteiger partial charge in [-0.25, -0.2) is 9.97 Å². The van der Waals surface area contributed by atoms with Gasteiger partial charge in [-0.2, -0.15) is 0 Å². The van der Waals surface area contributed by atoms with Crippen molar-refractivity contribution in [3.63, 3.8) is 0 Å². The van der Waals surface area contributed by atoms with Crippen molar-refractivity contribution in [3.8, 4) is 67.3 Å². The monoisotopic (exact) mass is 726 g/mol. The Morgan fingerprint density at radius 1 is 0.298 bits per heavy atom. The summed E-state index contributed by atoms with van der Waals surface area (Å²) >= 11 is 0. The van der Waals surface area contributed by atoms with Gasteiger partial charge >= 0.3 is 0 Å². The van der Waals surface area contributed by atoms with Gasteiger partial charge in [0.25, 0.3) is 0 Å². The number of hydrogen-bond donors (Lipinski definition) is 0. The van der Waals surface area contributed by atoms with Gasteiger partial charge in [0.2, 0.25) is 0 Å². The summed E-state index contributed by atoms with van der Waals surface area (Å²) in [5.74, 6) is 0.614. The van der Waals surface area contributed by atoms with Gasteiger partial charge in [-0.1, -0.05) is 158 Å². The molecule has 0 saturated heterocycles. The Bertz CT molecular complexity index is 3190. The molecular formula is C54H34N2O. The summed E-state index contributed by atoms with van der Waals surface area (Å²) in [6.07, 6.45) is 0. The molecule has 2 aromatic heterocycles. The maximum Gasteiger partial charge on any atom is 0.164 e. The minimum atomic E-state index is 0.614. The molecule has 0 fully saturated rings. The maximum absolute atomic E-state index is 6.54. The van der Waals surface area contributed by atoms with Gasteiger partial charge < -0.3 is 4.42 Å². The number of rotatable bonds is 6. The van der Waals surface area contributed by atoms with Gasteiger partial charge in [0.1, 0.15) is 11.2 Å². The van der Waals surface area contributed by atoms with Gasteiger partial charge in [-0.3, -0.25) is 0 Å². The van der Waals surface area contributed by atoms with Crippen LogP contribution in [0.3, 0.4) is 0 Å². The fourth-order valence-corrected chi connectivity index (χ4v) is 8.10. The zero-order valence-corrected chi connectivity index (χ0v) is 30.9. The Balaban J connectivity index is 1.14. The average molecular weight is 727 g/mol. The zero-order valence-electron chi connectivity index (χ0n) is 30.9. The Morgan fingerprint density at radius 2 is 0.807 bits per heavy atom. The second-order valence-corrected chi connectivity index (χ2v) is 14.6. The van der Waals surface area contributed by atoms with Crippen LogP contribution in [0.25, 0.3) is 111 Å². The van der Waals surface area contributed by atoms with Crippen LogP contribution in [0.1, 0.15) is 0 Å². The van der Waals surface area contributed by atoms with Crippen molar-refractivity contribution in [2.75, 3.05) is 0 Å². The summed E-state index contributed by atoms with van der Waals surface area (Å²) in [6, 6.07) is 73.0. The normalized spacial score (nSPS) is 11.5. The van der Waals surface area contributed by atoms with Gasteiger partial charge in [-0.05, 0) is 103 Å². The lowest BCUT2D eigenvalue weighted by Gasteiger charge is -2.14. The summed E-state index contributed by atoms with van der Waals surface area (Å²) in [5.41, 5.74) is 13.0. The van der Waals surface area contributed by atoms with Crippen molar-refractivity contribution in [2.45, 2.75) is 0 Å². The minimum absolute atomic E-state index is 0.614. The first-order valence-corrected chi connectivity index (χ1v) is 19.3. The molecule has 0 unspecified atom stereocenters. The Labute approximate surface area is 330 Å². The summed E-state index contributed by atoms with van der Waals surface area (Å²) in [5, 5.41) is 6.97. The quantitative estimate of drug-likeness (QED) is 0.171. The van der Waals surface area contributed by atoms with Crippen molar-refractivity contribution >= 4 is 43.5 Å². The molecule has 0 aliphatic carbocycles. The summed E-state index contributed by atoms with van der Waals surface area (Å²) in [6.45, 7) is 0. The molecule has 57 heavy (non-hydrogen) atoms. The molecule has 266 valence electrons. The molecule has 0 spiro atoms. The zero-order chi connectivity index (χ0) is 37.7. The molecule has 0 radical (unpaired) electrons. The van der Waals surface area contributed by atoms with Crippen LogP contribution in [-0.4, -0.2) is 9.97 Å². The third kappa shape index (κ3) is 6.03. The summed E-state index contributed by atoms with van der Waals surface area (Å²) in [4.78, 5) is 10.7. The topological polar surface area (TPSA) is 38.9 Å². The van der Waals surface area contributed by atoms with E-state index in [1.54, 1.807) is 0 Å². The molecule has 3 nitrogen and oxygen atoms in total. The fraction of sp³-hybridized carbons (Fsp3) is 0. The number of nitrogens with zero attached hydrogens (tertiary/aromatic N) is 2. The van der Waals surface area contributed by atoms with Crippen molar-refractivity contribution in [1.82, 2.24) is 9.97 Å². The predicted octanol–water partition coefficient (Wildman–Crippen LogP) is 14.7. The molecule has 0 aliphatic heterocycles. The van der Waals surface area contributed by atoms with E-state index in [1.807, 2.05) is 24.3 Å². The molecule has 3 heteroatoms. The van der Waals surface area contributed by atoms with Crippen molar-refractivity contribution < 1.29 is 4.42 Å². The van der Waals surface area contributed by atoms with Gasteiger partial charge in [0, 0.05) is 21.9 Å². The molecule has 9 aromatic carbocycles. The third-order valence-electron chi connectivity index (χ3n) is 11.1. The van der Waals surface area contributed by atoms with E-state index in [1.165, 1.54) is 27.1 Å². The lowest BCUT2D eigenvalue weighted by molar-refractivity contribution is 0.669. The van der Waals surface area contributed by atoms with E-state index >= 15 is 0 Å². The molecule has 0 atom stereocenters. The first-order valence-electron chi connectivity index (χ1n) is 19.3. The minimum Gasteiger partial charge on any atom is -0.455 e. The molecule has 11 aromatic rings. The molecule has 0 saturated carbocycles. The van der Waals surface area contributed by atoms with E-state index in [0.717, 1.165) is 77.8 Å². The number of para-hydroxylation sites is 2. The first-order chi connectivity index (χ1) is 28.2. The van der Waals surface area contributed by atoms with E-state index < -0.39 is 0 Å². The highest BCUT2D eigenvalue weighted by Crippen LogP contribution is 2.39. The van der Waals surface area contributed by atoms with Crippen LogP contribution in [0.5, 0.6) is 0 Å². The second-order valence-electron chi connectivity index (χ2n) is 14.6. The first kappa shape index (κ1) is 32.8. The van der Waals surface area contributed by atoms with Crippen LogP contribution < -0.4 is 0 Å². The SMILES string of the molecule is c1ccc(-c2ccc(-c3cc(-c4cc(-c5ccc6ccccc6c5)cc(-c5ccc6ccccc6c5)c4)nc(-c4cccc5c4oc4ccccc45)n3)cc2)cc1. The van der Waals surface area contributed by atoms with Gasteiger partial charge in [0.15, 0.2) is 5.82 Å². The van der Waals surface area contributed by atoms with Crippen molar-refractivity contribution in [2.24, 2.45) is 0 Å². The van der Waals surface area contributed by atoms with Crippen LogP contribution in [0, 0.1) is 0 Å². The summed E-state index contributed by atoms with van der Waals surface area (Å²) in [7, 11) is 0. The number of furan rings is 1.